The van der Waals surface area contributed by atoms with Crippen molar-refractivity contribution in [2.75, 3.05) is 26.7 Å². The van der Waals surface area contributed by atoms with Crippen LogP contribution < -0.4 is 5.32 Å². The first kappa shape index (κ1) is 11.4. The van der Waals surface area contributed by atoms with E-state index in [4.69, 9.17) is 0 Å². The summed E-state index contributed by atoms with van der Waals surface area (Å²) in [5, 5.41) is 3.47. The van der Waals surface area contributed by atoms with Crippen LogP contribution in [-0.2, 0) is 0 Å². The minimum atomic E-state index is 0.861. The molecule has 0 radical (unpaired) electrons. The van der Waals surface area contributed by atoms with E-state index in [0.717, 1.165) is 17.9 Å². The smallest absolute Gasteiger partial charge is 0.0118 e. The highest BCUT2D eigenvalue weighted by molar-refractivity contribution is 4.82. The topological polar surface area (TPSA) is 15.3 Å². The molecule has 2 heteroatoms. The van der Waals surface area contributed by atoms with E-state index < -0.39 is 0 Å². The predicted molar refractivity (Wildman–Crippen MR) is 65.0 cm³/mol. The maximum atomic E-state index is 3.47. The fourth-order valence-corrected chi connectivity index (χ4v) is 3.36. The van der Waals surface area contributed by atoms with Crippen molar-refractivity contribution in [3.05, 3.63) is 0 Å². The average molecular weight is 210 g/mol. The lowest BCUT2D eigenvalue weighted by molar-refractivity contribution is 0.124. The number of rotatable bonds is 3. The second-order valence-corrected chi connectivity index (χ2v) is 5.63. The largest absolute Gasteiger partial charge is 0.316 e. The molecule has 0 aromatic carbocycles. The number of nitrogens with one attached hydrogen (secondary N) is 1. The van der Waals surface area contributed by atoms with Crippen LogP contribution >= 0.6 is 0 Å². The van der Waals surface area contributed by atoms with E-state index in [1.54, 1.807) is 0 Å². The van der Waals surface area contributed by atoms with Gasteiger partial charge in [0.1, 0.15) is 0 Å². The van der Waals surface area contributed by atoms with E-state index in [1.165, 1.54) is 51.7 Å². The maximum Gasteiger partial charge on any atom is 0.0118 e. The zero-order valence-corrected chi connectivity index (χ0v) is 10.3. The molecule has 0 spiro atoms. The molecule has 0 bridgehead atoms. The van der Waals surface area contributed by atoms with Gasteiger partial charge in [0.05, 0.1) is 0 Å². The number of hydrogen-bond donors (Lipinski definition) is 1. The van der Waals surface area contributed by atoms with Gasteiger partial charge in [-0.2, -0.15) is 0 Å². The van der Waals surface area contributed by atoms with Crippen LogP contribution in [0.3, 0.4) is 0 Å². The van der Waals surface area contributed by atoms with E-state index in [0.29, 0.717) is 0 Å². The van der Waals surface area contributed by atoms with Crippen LogP contribution in [0.5, 0.6) is 0 Å². The SMILES string of the molecule is CC1CCCCC1N(C)CC1CCNC1. The fraction of sp³-hybridized carbons (Fsp3) is 1.00. The van der Waals surface area contributed by atoms with E-state index in [2.05, 4.69) is 24.2 Å². The summed E-state index contributed by atoms with van der Waals surface area (Å²) in [4.78, 5) is 2.64. The minimum absolute atomic E-state index is 0.861. The van der Waals surface area contributed by atoms with Gasteiger partial charge in [-0.05, 0) is 51.2 Å². The predicted octanol–water partition coefficient (Wildman–Crippen LogP) is 2.11. The highest BCUT2D eigenvalue weighted by Crippen LogP contribution is 2.28. The van der Waals surface area contributed by atoms with Gasteiger partial charge in [0, 0.05) is 12.6 Å². The standard InChI is InChI=1S/C13H26N2/c1-11-5-3-4-6-13(11)15(2)10-12-7-8-14-9-12/h11-14H,3-10H2,1-2H3. The Balaban J connectivity index is 1.80. The first-order valence-electron chi connectivity index (χ1n) is 6.68. The Morgan fingerprint density at radius 1 is 1.20 bits per heavy atom. The first-order chi connectivity index (χ1) is 7.27. The van der Waals surface area contributed by atoms with Gasteiger partial charge < -0.3 is 10.2 Å². The second-order valence-electron chi connectivity index (χ2n) is 5.63. The van der Waals surface area contributed by atoms with Gasteiger partial charge in [0.25, 0.3) is 0 Å². The lowest BCUT2D eigenvalue weighted by Crippen LogP contribution is -2.41. The Morgan fingerprint density at radius 2 is 2.00 bits per heavy atom. The number of hydrogen-bond acceptors (Lipinski definition) is 2. The molecular formula is C13H26N2. The Bertz CT molecular complexity index is 187. The molecule has 1 saturated heterocycles. The molecule has 15 heavy (non-hydrogen) atoms. The molecule has 88 valence electrons. The van der Waals surface area contributed by atoms with Crippen LogP contribution in [0.4, 0.5) is 0 Å². The summed E-state index contributed by atoms with van der Waals surface area (Å²) in [5.41, 5.74) is 0. The van der Waals surface area contributed by atoms with Crippen LogP contribution in [0.15, 0.2) is 0 Å². The van der Waals surface area contributed by atoms with E-state index in [-0.39, 0.29) is 0 Å². The molecule has 1 aliphatic carbocycles. The summed E-state index contributed by atoms with van der Waals surface area (Å²) in [5.74, 6) is 1.82. The average Bonchev–Trinajstić information content (AvgIpc) is 2.71. The van der Waals surface area contributed by atoms with Crippen molar-refractivity contribution in [1.82, 2.24) is 10.2 Å². The van der Waals surface area contributed by atoms with Crippen LogP contribution in [0.25, 0.3) is 0 Å². The lowest BCUT2D eigenvalue weighted by atomic mass is 9.85. The zero-order chi connectivity index (χ0) is 10.7. The van der Waals surface area contributed by atoms with Crippen LogP contribution in [0, 0.1) is 11.8 Å². The highest BCUT2D eigenvalue weighted by atomic mass is 15.1. The molecule has 0 aromatic rings. The molecule has 1 heterocycles. The van der Waals surface area contributed by atoms with Gasteiger partial charge in [-0.1, -0.05) is 19.8 Å². The van der Waals surface area contributed by atoms with Crippen molar-refractivity contribution >= 4 is 0 Å². The summed E-state index contributed by atoms with van der Waals surface area (Å²) in [6.07, 6.45) is 7.15. The molecule has 0 aromatic heterocycles. The van der Waals surface area contributed by atoms with Gasteiger partial charge in [-0.25, -0.2) is 0 Å². The lowest BCUT2D eigenvalue weighted by Gasteiger charge is -2.37. The summed E-state index contributed by atoms with van der Waals surface area (Å²) >= 11 is 0. The fourth-order valence-electron chi connectivity index (χ4n) is 3.36. The van der Waals surface area contributed by atoms with Crippen LogP contribution in [0.2, 0.25) is 0 Å². The molecule has 0 amide bonds. The van der Waals surface area contributed by atoms with Gasteiger partial charge in [-0.3, -0.25) is 0 Å². The third-order valence-electron chi connectivity index (χ3n) is 4.34. The Morgan fingerprint density at radius 3 is 2.67 bits per heavy atom. The molecule has 2 rings (SSSR count). The van der Waals surface area contributed by atoms with Gasteiger partial charge in [0.15, 0.2) is 0 Å². The summed E-state index contributed by atoms with van der Waals surface area (Å²) < 4.78 is 0. The third-order valence-corrected chi connectivity index (χ3v) is 4.34. The zero-order valence-electron chi connectivity index (χ0n) is 10.3. The first-order valence-corrected chi connectivity index (χ1v) is 6.68. The Kier molecular flexibility index (Phi) is 4.04. The third kappa shape index (κ3) is 2.94. The van der Waals surface area contributed by atoms with Gasteiger partial charge in [-0.15, -0.1) is 0 Å². The summed E-state index contributed by atoms with van der Waals surface area (Å²) in [6.45, 7) is 6.22. The quantitative estimate of drug-likeness (QED) is 0.767. The van der Waals surface area contributed by atoms with Crippen molar-refractivity contribution < 1.29 is 0 Å². The molecule has 1 aliphatic heterocycles. The summed E-state index contributed by atoms with van der Waals surface area (Å²) in [7, 11) is 2.34. The van der Waals surface area contributed by atoms with E-state index in [9.17, 15) is 0 Å². The molecular weight excluding hydrogens is 184 g/mol. The summed E-state index contributed by atoms with van der Waals surface area (Å²) in [6, 6.07) is 0.861. The van der Waals surface area contributed by atoms with Crippen LogP contribution in [-0.4, -0.2) is 37.6 Å². The Hall–Kier alpha value is -0.0800. The van der Waals surface area contributed by atoms with Crippen molar-refractivity contribution in [1.29, 1.82) is 0 Å². The van der Waals surface area contributed by atoms with E-state index in [1.807, 2.05) is 0 Å². The normalized spacial score (nSPS) is 37.4. The van der Waals surface area contributed by atoms with Gasteiger partial charge >= 0.3 is 0 Å². The molecule has 3 atom stereocenters. The minimum Gasteiger partial charge on any atom is -0.316 e. The molecule has 2 nitrogen and oxygen atoms in total. The monoisotopic (exact) mass is 210 g/mol. The second kappa shape index (κ2) is 5.31. The highest BCUT2D eigenvalue weighted by Gasteiger charge is 2.27. The maximum absolute atomic E-state index is 3.47. The van der Waals surface area contributed by atoms with Crippen molar-refractivity contribution in [3.8, 4) is 0 Å². The molecule has 2 fully saturated rings. The van der Waals surface area contributed by atoms with Crippen molar-refractivity contribution in [2.24, 2.45) is 11.8 Å². The molecule has 1 saturated carbocycles. The van der Waals surface area contributed by atoms with E-state index >= 15 is 0 Å². The van der Waals surface area contributed by atoms with Gasteiger partial charge in [0.2, 0.25) is 0 Å². The van der Waals surface area contributed by atoms with Crippen LogP contribution in [0.1, 0.15) is 39.0 Å². The molecule has 1 N–H and O–H groups in total. The molecule has 3 unspecified atom stereocenters. The molecule has 2 aliphatic rings. The van der Waals surface area contributed by atoms with Crippen molar-refractivity contribution in [3.63, 3.8) is 0 Å². The Labute approximate surface area is 94.4 Å². The van der Waals surface area contributed by atoms with Crippen molar-refractivity contribution in [2.45, 2.75) is 45.1 Å². The number of nitrogens with zero attached hydrogens (tertiary/aromatic N) is 1.